The lowest BCUT2D eigenvalue weighted by Gasteiger charge is -2.39. The van der Waals surface area contributed by atoms with Gasteiger partial charge >= 0.3 is 6.18 Å². The van der Waals surface area contributed by atoms with E-state index in [9.17, 15) is 23.5 Å². The van der Waals surface area contributed by atoms with Crippen LogP contribution in [0.1, 0.15) is 66.4 Å². The fourth-order valence-corrected chi connectivity index (χ4v) is 4.24. The Morgan fingerprint density at radius 2 is 2.00 bits per heavy atom. The quantitative estimate of drug-likeness (QED) is 0.619. The third-order valence-electron chi connectivity index (χ3n) is 6.20. The number of fused-ring (bicyclic) bond motifs is 1. The zero-order valence-electron chi connectivity index (χ0n) is 19.2. The molecule has 0 aliphatic carbocycles. The summed E-state index contributed by atoms with van der Waals surface area (Å²) in [5, 5.41) is 19.8. The molecule has 0 bridgehead atoms. The Kier molecular flexibility index (Phi) is 7.03. The van der Waals surface area contributed by atoms with Gasteiger partial charge in [-0.1, -0.05) is 25.1 Å². The van der Waals surface area contributed by atoms with Gasteiger partial charge in [-0.15, -0.1) is 0 Å². The molecule has 5 nitrogen and oxygen atoms in total. The summed E-state index contributed by atoms with van der Waals surface area (Å²) in [5.74, 6) is -1.42. The minimum atomic E-state index is -4.50. The minimum absolute atomic E-state index is 0.208. The van der Waals surface area contributed by atoms with Crippen molar-refractivity contribution in [1.29, 1.82) is 5.26 Å². The fourth-order valence-electron chi connectivity index (χ4n) is 4.24. The molecular formula is C25H28F3N3O2. The Bertz CT molecular complexity index is 1090. The van der Waals surface area contributed by atoms with Gasteiger partial charge in [0.2, 0.25) is 0 Å². The number of aliphatic hydroxyl groups excluding tert-OH is 1. The van der Waals surface area contributed by atoms with Crippen LogP contribution in [0.4, 0.5) is 13.2 Å². The molecule has 1 aromatic heterocycles. The van der Waals surface area contributed by atoms with Crippen molar-refractivity contribution >= 4 is 5.70 Å². The average Bonchev–Trinajstić information content (AvgIpc) is 2.77. The standard InChI is InChI=1S/C25H28F3N3O2/c1-6-33-23-11-22(30-13-18(23)12-29)17(5)31-8-7-19-20(16(31)4)9-14(2)10-21(19)24(32)15(3)25(26,27)28/h9-11,13,15,17,24,32H,4,6-8H2,1-3,5H3. The smallest absolute Gasteiger partial charge is 0.394 e. The lowest BCUT2D eigenvalue weighted by atomic mass is 9.84. The van der Waals surface area contributed by atoms with Crippen LogP contribution in [0, 0.1) is 24.2 Å². The predicted molar refractivity (Wildman–Crippen MR) is 119 cm³/mol. The molecular weight excluding hydrogens is 431 g/mol. The molecule has 0 radical (unpaired) electrons. The topological polar surface area (TPSA) is 69.4 Å². The highest BCUT2D eigenvalue weighted by molar-refractivity contribution is 5.69. The number of nitriles is 1. The van der Waals surface area contributed by atoms with Crippen molar-refractivity contribution in [2.45, 2.75) is 52.4 Å². The molecule has 3 rings (SSSR count). The second-order valence-electron chi connectivity index (χ2n) is 8.37. The van der Waals surface area contributed by atoms with Gasteiger partial charge in [-0.25, -0.2) is 0 Å². The van der Waals surface area contributed by atoms with E-state index in [1.807, 2.05) is 24.8 Å². The van der Waals surface area contributed by atoms with Crippen molar-refractivity contribution in [3.63, 3.8) is 0 Å². The number of ether oxygens (including phenoxy) is 1. The predicted octanol–water partition coefficient (Wildman–Crippen LogP) is 5.48. The van der Waals surface area contributed by atoms with Crippen LogP contribution in [0.25, 0.3) is 5.70 Å². The summed E-state index contributed by atoms with van der Waals surface area (Å²) < 4.78 is 45.4. The number of aliphatic hydroxyl groups is 1. The highest BCUT2D eigenvalue weighted by Gasteiger charge is 2.42. The lowest BCUT2D eigenvalue weighted by Crippen LogP contribution is -2.34. The number of nitrogens with zero attached hydrogens (tertiary/aromatic N) is 3. The van der Waals surface area contributed by atoms with E-state index in [-0.39, 0.29) is 6.04 Å². The number of hydrogen-bond donors (Lipinski definition) is 1. The van der Waals surface area contributed by atoms with Gasteiger partial charge in [-0.05, 0) is 44.4 Å². The molecule has 1 aliphatic rings. The number of alkyl halides is 3. The number of hydrogen-bond acceptors (Lipinski definition) is 5. The minimum Gasteiger partial charge on any atom is -0.492 e. The van der Waals surface area contributed by atoms with Crippen LogP contribution >= 0.6 is 0 Å². The maximum atomic E-state index is 13.3. The van der Waals surface area contributed by atoms with E-state index in [1.54, 1.807) is 19.1 Å². The molecule has 3 unspecified atom stereocenters. The van der Waals surface area contributed by atoms with Crippen LogP contribution in [-0.2, 0) is 6.42 Å². The molecule has 0 saturated heterocycles. The Morgan fingerprint density at radius 3 is 2.61 bits per heavy atom. The van der Waals surface area contributed by atoms with Gasteiger partial charge in [0.15, 0.2) is 0 Å². The molecule has 1 aliphatic heterocycles. The molecule has 0 fully saturated rings. The van der Waals surface area contributed by atoms with Crippen LogP contribution in [0.15, 0.2) is 31.0 Å². The van der Waals surface area contributed by atoms with E-state index in [1.165, 1.54) is 6.20 Å². The SMILES string of the molecule is C=C1c2cc(C)cc(C(O)C(C)C(F)(F)F)c2CCN1C(C)c1cc(OCC)c(C#N)cn1. The molecule has 3 atom stereocenters. The Morgan fingerprint density at radius 1 is 1.30 bits per heavy atom. The van der Waals surface area contributed by atoms with Crippen LogP contribution in [0.3, 0.4) is 0 Å². The molecule has 1 N–H and O–H groups in total. The van der Waals surface area contributed by atoms with Crippen LogP contribution in [-0.4, -0.2) is 34.3 Å². The Balaban J connectivity index is 1.96. The molecule has 33 heavy (non-hydrogen) atoms. The number of aromatic nitrogens is 1. The van der Waals surface area contributed by atoms with E-state index in [0.717, 1.165) is 18.1 Å². The lowest BCUT2D eigenvalue weighted by molar-refractivity contribution is -0.195. The van der Waals surface area contributed by atoms with E-state index in [0.29, 0.717) is 53.4 Å². The zero-order valence-corrected chi connectivity index (χ0v) is 19.2. The summed E-state index contributed by atoms with van der Waals surface area (Å²) in [4.78, 5) is 6.46. The van der Waals surface area contributed by atoms with E-state index in [2.05, 4.69) is 17.6 Å². The van der Waals surface area contributed by atoms with Gasteiger partial charge in [-0.3, -0.25) is 4.98 Å². The molecule has 1 aromatic carbocycles. The second-order valence-corrected chi connectivity index (χ2v) is 8.37. The third-order valence-corrected chi connectivity index (χ3v) is 6.20. The third kappa shape index (κ3) is 4.83. The van der Waals surface area contributed by atoms with E-state index >= 15 is 0 Å². The largest absolute Gasteiger partial charge is 0.492 e. The summed E-state index contributed by atoms with van der Waals surface area (Å²) in [5.41, 5.74) is 4.19. The highest BCUT2D eigenvalue weighted by atomic mass is 19.4. The average molecular weight is 460 g/mol. The zero-order chi connectivity index (χ0) is 24.5. The summed E-state index contributed by atoms with van der Waals surface area (Å²) >= 11 is 0. The first-order valence-corrected chi connectivity index (χ1v) is 10.9. The highest BCUT2D eigenvalue weighted by Crippen LogP contribution is 2.42. The number of benzene rings is 1. The van der Waals surface area contributed by atoms with Crippen molar-refractivity contribution in [1.82, 2.24) is 9.88 Å². The van der Waals surface area contributed by atoms with Crippen LogP contribution in [0.2, 0.25) is 0 Å². The van der Waals surface area contributed by atoms with Gasteiger partial charge in [0, 0.05) is 30.1 Å². The number of rotatable bonds is 6. The number of pyridine rings is 1. The van der Waals surface area contributed by atoms with Gasteiger partial charge in [0.1, 0.15) is 17.4 Å². The summed E-state index contributed by atoms with van der Waals surface area (Å²) in [7, 11) is 0. The molecule has 176 valence electrons. The van der Waals surface area contributed by atoms with Gasteiger partial charge < -0.3 is 14.7 Å². The van der Waals surface area contributed by atoms with E-state index < -0.39 is 18.2 Å². The van der Waals surface area contributed by atoms with Crippen molar-refractivity contribution in [2.24, 2.45) is 5.92 Å². The fraction of sp³-hybridized carbons (Fsp3) is 0.440. The van der Waals surface area contributed by atoms with Gasteiger partial charge in [0.05, 0.1) is 30.4 Å². The molecule has 0 spiro atoms. The molecule has 2 aromatic rings. The molecule has 0 saturated carbocycles. The van der Waals surface area contributed by atoms with Gasteiger partial charge in [-0.2, -0.15) is 18.4 Å². The maximum Gasteiger partial charge on any atom is 0.394 e. The summed E-state index contributed by atoms with van der Waals surface area (Å²) in [6, 6.07) is 7.13. The summed E-state index contributed by atoms with van der Waals surface area (Å²) in [6.45, 7) is 11.7. The monoisotopic (exact) mass is 459 g/mol. The van der Waals surface area contributed by atoms with Crippen molar-refractivity contribution < 1.29 is 23.0 Å². The Hall–Kier alpha value is -3.05. The molecule has 8 heteroatoms. The first-order chi connectivity index (χ1) is 15.5. The van der Waals surface area contributed by atoms with Crippen molar-refractivity contribution in [3.8, 4) is 11.8 Å². The van der Waals surface area contributed by atoms with Crippen molar-refractivity contribution in [3.05, 3.63) is 64.5 Å². The number of halogens is 3. The second kappa shape index (κ2) is 9.44. The summed E-state index contributed by atoms with van der Waals surface area (Å²) in [6.07, 6.45) is -4.20. The first-order valence-electron chi connectivity index (χ1n) is 10.9. The molecule has 0 amide bonds. The molecule has 2 heterocycles. The van der Waals surface area contributed by atoms with Gasteiger partial charge in [0.25, 0.3) is 0 Å². The van der Waals surface area contributed by atoms with Crippen LogP contribution < -0.4 is 4.74 Å². The normalized spacial score (nSPS) is 16.6. The maximum absolute atomic E-state index is 13.3. The number of aryl methyl sites for hydroxylation is 1. The Labute approximate surface area is 192 Å². The van der Waals surface area contributed by atoms with Crippen LogP contribution in [0.5, 0.6) is 5.75 Å². The first kappa shape index (κ1) is 24.6. The van der Waals surface area contributed by atoms with Crippen molar-refractivity contribution in [2.75, 3.05) is 13.2 Å². The van der Waals surface area contributed by atoms with E-state index in [4.69, 9.17) is 4.74 Å².